The summed E-state index contributed by atoms with van der Waals surface area (Å²) in [5.74, 6) is -0.347. The molecule has 2 fully saturated rings. The number of thiazole rings is 1. The normalized spacial score (nSPS) is 16.9. The van der Waals surface area contributed by atoms with E-state index in [-0.39, 0.29) is 35.7 Å². The second-order valence-electron chi connectivity index (χ2n) is 21.4. The van der Waals surface area contributed by atoms with E-state index in [0.29, 0.717) is 84.4 Å². The predicted octanol–water partition coefficient (Wildman–Crippen LogP) is 9.64. The van der Waals surface area contributed by atoms with Crippen molar-refractivity contribution in [3.8, 4) is 16.9 Å². The summed E-state index contributed by atoms with van der Waals surface area (Å²) >= 11 is 1.43. The standard InChI is InChI=1S/C58H63N9O7S/c1-33(35-20-24-66(25-21-35)32-50(69)59-37-14-16-41-46(29-37)65(6)64-52(41)42-18-19-49(68)62-55(42)71)23-27-74-38-15-17-39(34(2)28-38)51-44(58(3,4)5)30-48(61-53(51)56(72)73)67-26-22-36-10-9-11-40(43(36)31-67)54(70)63-57-60-45-12-7-8-13-47(45)75-57/h7-17,28-30,33,35,42H,18-27,31-32H2,1-6H3,(H,59,69)(H,72,73)(H,60,63,70)(H,62,68,71)/t33-,42?/m0/s1. The van der Waals surface area contributed by atoms with Gasteiger partial charge in [0, 0.05) is 48.8 Å². The van der Waals surface area contributed by atoms with Gasteiger partial charge in [-0.15, -0.1) is 0 Å². The number of aromatic nitrogens is 4. The third-order valence-corrected chi connectivity index (χ3v) is 16.2. The van der Waals surface area contributed by atoms with Crippen molar-refractivity contribution in [2.24, 2.45) is 18.9 Å². The van der Waals surface area contributed by atoms with E-state index >= 15 is 0 Å². The molecule has 0 bridgehead atoms. The molecule has 16 nitrogen and oxygen atoms in total. The lowest BCUT2D eigenvalue weighted by Gasteiger charge is -2.34. The highest BCUT2D eigenvalue weighted by Crippen LogP contribution is 2.41. The number of carboxylic acids is 1. The molecule has 0 radical (unpaired) electrons. The number of amides is 4. The summed E-state index contributed by atoms with van der Waals surface area (Å²) in [5.41, 5.74) is 8.08. The van der Waals surface area contributed by atoms with Crippen molar-refractivity contribution in [1.82, 2.24) is 30.0 Å². The minimum Gasteiger partial charge on any atom is -0.494 e. The number of piperidine rings is 2. The Kier molecular flexibility index (Phi) is 14.3. The van der Waals surface area contributed by atoms with E-state index in [2.05, 4.69) is 63.5 Å². The highest BCUT2D eigenvalue weighted by Gasteiger charge is 2.33. The van der Waals surface area contributed by atoms with E-state index in [1.54, 1.807) is 4.68 Å². The first-order chi connectivity index (χ1) is 36.0. The number of carbonyl (C=O) groups excluding carboxylic acids is 4. The lowest BCUT2D eigenvalue weighted by Crippen LogP contribution is -2.40. The number of imide groups is 1. The molecule has 10 rings (SSSR count). The Bertz CT molecular complexity index is 3350. The molecule has 2 saturated heterocycles. The Morgan fingerprint density at radius 3 is 2.47 bits per heavy atom. The van der Waals surface area contributed by atoms with Crippen molar-refractivity contribution >= 4 is 78.7 Å². The molecule has 4 aromatic carbocycles. The van der Waals surface area contributed by atoms with Gasteiger partial charge in [-0.1, -0.05) is 69.4 Å². The van der Waals surface area contributed by atoms with Gasteiger partial charge in [0.05, 0.1) is 40.5 Å². The van der Waals surface area contributed by atoms with Gasteiger partial charge in [-0.25, -0.2) is 14.8 Å². The van der Waals surface area contributed by atoms with Crippen molar-refractivity contribution in [2.45, 2.75) is 91.0 Å². The first-order valence-electron chi connectivity index (χ1n) is 25.8. The van der Waals surface area contributed by atoms with Crippen LogP contribution in [0.5, 0.6) is 5.75 Å². The third kappa shape index (κ3) is 10.9. The first-order valence-corrected chi connectivity index (χ1v) is 26.7. The van der Waals surface area contributed by atoms with Crippen LogP contribution in [0.3, 0.4) is 0 Å². The summed E-state index contributed by atoms with van der Waals surface area (Å²) in [4.78, 5) is 78.3. The summed E-state index contributed by atoms with van der Waals surface area (Å²) in [5, 5.41) is 25.3. The van der Waals surface area contributed by atoms with Gasteiger partial charge >= 0.3 is 5.97 Å². The lowest BCUT2D eigenvalue weighted by molar-refractivity contribution is -0.134. The molecule has 388 valence electrons. The Morgan fingerprint density at radius 1 is 0.920 bits per heavy atom. The first kappa shape index (κ1) is 51.0. The number of nitrogens with zero attached hydrogens (tertiary/aromatic N) is 6. The number of aromatic carboxylic acids is 1. The smallest absolute Gasteiger partial charge is 0.355 e. The average Bonchev–Trinajstić information content (AvgIpc) is 3.95. The zero-order valence-electron chi connectivity index (χ0n) is 43.3. The van der Waals surface area contributed by atoms with Crippen LogP contribution >= 0.6 is 11.3 Å². The maximum absolute atomic E-state index is 13.8. The van der Waals surface area contributed by atoms with Crippen LogP contribution in [-0.4, -0.2) is 92.1 Å². The summed E-state index contributed by atoms with van der Waals surface area (Å²) < 4.78 is 9.05. The van der Waals surface area contributed by atoms with E-state index in [1.807, 2.05) is 98.9 Å². The zero-order chi connectivity index (χ0) is 52.7. The van der Waals surface area contributed by atoms with E-state index < -0.39 is 17.3 Å². The molecule has 1 unspecified atom stereocenters. The van der Waals surface area contributed by atoms with E-state index in [4.69, 9.17) is 9.72 Å². The van der Waals surface area contributed by atoms with Crippen molar-refractivity contribution in [3.05, 3.63) is 124 Å². The van der Waals surface area contributed by atoms with Gasteiger partial charge in [0.1, 0.15) is 11.6 Å². The summed E-state index contributed by atoms with van der Waals surface area (Å²) in [6.45, 7) is 14.0. The SMILES string of the molecule is Cc1cc(OCC[C@H](C)C2CCN(CC(=O)Nc3ccc4c(C5CCC(=O)NC5=O)nn(C)c4c3)CC2)ccc1-c1c(C(C)(C)C)cc(N2CCc3cccc(C(=O)Nc4nc5ccccc5s4)c3C2)nc1C(=O)O. The fourth-order valence-corrected chi connectivity index (χ4v) is 11.9. The van der Waals surface area contributed by atoms with Gasteiger partial charge in [0.25, 0.3) is 5.91 Å². The number of fused-ring (bicyclic) bond motifs is 3. The number of benzene rings is 4. The van der Waals surface area contributed by atoms with Gasteiger partial charge in [0.15, 0.2) is 10.8 Å². The van der Waals surface area contributed by atoms with Crippen LogP contribution in [0.25, 0.3) is 32.2 Å². The number of para-hydroxylation sites is 1. The fraction of sp³-hybridized carbons (Fsp3) is 0.379. The Hall–Kier alpha value is -7.50. The molecule has 75 heavy (non-hydrogen) atoms. The molecule has 3 aliphatic rings. The number of hydrogen-bond donors (Lipinski definition) is 4. The minimum atomic E-state index is -1.11. The summed E-state index contributed by atoms with van der Waals surface area (Å²) in [7, 11) is 1.81. The number of aryl methyl sites for hydroxylation is 2. The van der Waals surface area contributed by atoms with Crippen LogP contribution in [-0.2, 0) is 39.8 Å². The van der Waals surface area contributed by atoms with Crippen LogP contribution in [0.1, 0.15) is 115 Å². The van der Waals surface area contributed by atoms with Gasteiger partial charge in [0.2, 0.25) is 17.7 Å². The second-order valence-corrected chi connectivity index (χ2v) is 22.4. The maximum atomic E-state index is 13.8. The van der Waals surface area contributed by atoms with Gasteiger partial charge in [-0.3, -0.25) is 39.4 Å². The molecule has 3 aromatic heterocycles. The molecular weight excluding hydrogens is 967 g/mol. The maximum Gasteiger partial charge on any atom is 0.355 e. The molecule has 3 aliphatic heterocycles. The number of likely N-dealkylation sites (tertiary alicyclic amines) is 1. The Morgan fingerprint density at radius 2 is 1.72 bits per heavy atom. The van der Waals surface area contributed by atoms with E-state index in [9.17, 15) is 29.1 Å². The zero-order valence-corrected chi connectivity index (χ0v) is 44.1. The molecule has 4 N–H and O–H groups in total. The molecule has 0 spiro atoms. The van der Waals surface area contributed by atoms with E-state index in [1.165, 1.54) is 11.3 Å². The molecule has 4 amide bonds. The van der Waals surface area contributed by atoms with Crippen LogP contribution in [0.2, 0.25) is 0 Å². The Labute approximate surface area is 439 Å². The van der Waals surface area contributed by atoms with Crippen molar-refractivity contribution in [3.63, 3.8) is 0 Å². The molecule has 6 heterocycles. The third-order valence-electron chi connectivity index (χ3n) is 15.2. The molecule has 7 aromatic rings. The van der Waals surface area contributed by atoms with Crippen molar-refractivity contribution < 1.29 is 33.8 Å². The number of anilines is 3. The lowest BCUT2D eigenvalue weighted by atomic mass is 9.80. The molecule has 0 saturated carbocycles. The van der Waals surface area contributed by atoms with Gasteiger partial charge in [-0.2, -0.15) is 5.10 Å². The fourth-order valence-electron chi connectivity index (χ4n) is 11.1. The van der Waals surface area contributed by atoms with E-state index in [0.717, 1.165) is 87.0 Å². The quantitative estimate of drug-likeness (QED) is 0.0753. The molecule has 2 atom stereocenters. The minimum absolute atomic E-state index is 0.0199. The number of pyridine rings is 1. The number of carbonyl (C=O) groups is 5. The van der Waals surface area contributed by atoms with Gasteiger partial charge < -0.3 is 20.1 Å². The monoisotopic (exact) mass is 1030 g/mol. The predicted molar refractivity (Wildman–Crippen MR) is 292 cm³/mol. The average molecular weight is 1030 g/mol. The van der Waals surface area contributed by atoms with Crippen LogP contribution in [0, 0.1) is 18.8 Å². The number of rotatable bonds is 14. The molecular formula is C58H63N9O7S. The largest absolute Gasteiger partial charge is 0.494 e. The number of hydrogen-bond acceptors (Lipinski definition) is 12. The summed E-state index contributed by atoms with van der Waals surface area (Å²) in [6, 6.07) is 27.0. The highest BCUT2D eigenvalue weighted by molar-refractivity contribution is 7.22. The van der Waals surface area contributed by atoms with Crippen LogP contribution < -0.4 is 25.6 Å². The number of carboxylic acid groups (broad SMARTS) is 1. The van der Waals surface area contributed by atoms with Crippen LogP contribution in [0.15, 0.2) is 84.9 Å². The molecule has 17 heteroatoms. The van der Waals surface area contributed by atoms with Crippen molar-refractivity contribution in [2.75, 3.05) is 48.3 Å². The summed E-state index contributed by atoms with van der Waals surface area (Å²) in [6.07, 6.45) is 4.19. The van der Waals surface area contributed by atoms with Crippen LogP contribution in [0.4, 0.5) is 16.6 Å². The highest BCUT2D eigenvalue weighted by atomic mass is 32.1. The number of ether oxygens (including phenoxy) is 1. The number of nitrogens with one attached hydrogen (secondary N) is 3. The topological polar surface area (TPSA) is 201 Å². The molecule has 0 aliphatic carbocycles. The van der Waals surface area contributed by atoms with Crippen molar-refractivity contribution in [1.29, 1.82) is 0 Å². The Balaban J connectivity index is 0.745. The second kappa shape index (κ2) is 21.0. The van der Waals surface area contributed by atoms with Gasteiger partial charge in [-0.05, 0) is 152 Å².